The lowest BCUT2D eigenvalue weighted by Gasteiger charge is -2.22. The second-order valence-corrected chi connectivity index (χ2v) is 8.34. The predicted molar refractivity (Wildman–Crippen MR) is 124 cm³/mol. The van der Waals surface area contributed by atoms with Gasteiger partial charge in [0.1, 0.15) is 23.1 Å². The van der Waals surface area contributed by atoms with E-state index in [0.717, 1.165) is 5.01 Å². The summed E-state index contributed by atoms with van der Waals surface area (Å²) >= 11 is 0. The van der Waals surface area contributed by atoms with Gasteiger partial charge in [-0.1, -0.05) is 24.3 Å². The standard InChI is InChI=1S/C26H21F5N2O3/c1-36-20-8-9-22(27)21(14-20)16-4-5-17(23(28)11-16)10-15-2-6-18(7-3-15)33-19(13-25(34)35)12-24(32-33)26(29,30)31/h2-9,11,14,19H,10,12-13H2,1H3,(H,34,35). The molecule has 10 heteroatoms. The van der Waals surface area contributed by atoms with Crippen LogP contribution >= 0.6 is 0 Å². The van der Waals surface area contributed by atoms with Gasteiger partial charge >= 0.3 is 12.1 Å². The van der Waals surface area contributed by atoms with Crippen LogP contribution in [0.25, 0.3) is 11.1 Å². The molecule has 0 aliphatic carbocycles. The van der Waals surface area contributed by atoms with Crippen molar-refractivity contribution in [2.45, 2.75) is 31.5 Å². The van der Waals surface area contributed by atoms with Crippen molar-refractivity contribution in [3.63, 3.8) is 0 Å². The first-order chi connectivity index (χ1) is 17.0. The van der Waals surface area contributed by atoms with Gasteiger partial charge in [-0.3, -0.25) is 9.80 Å². The molecule has 0 fully saturated rings. The van der Waals surface area contributed by atoms with Gasteiger partial charge in [0.05, 0.1) is 25.3 Å². The summed E-state index contributed by atoms with van der Waals surface area (Å²) in [6.45, 7) is 0. The molecule has 36 heavy (non-hydrogen) atoms. The number of hydrazone groups is 1. The third-order valence-electron chi connectivity index (χ3n) is 5.87. The normalized spacial score (nSPS) is 15.7. The first kappa shape index (κ1) is 25.2. The van der Waals surface area contributed by atoms with Crippen molar-refractivity contribution >= 4 is 17.4 Å². The monoisotopic (exact) mass is 504 g/mol. The van der Waals surface area contributed by atoms with Crippen LogP contribution < -0.4 is 9.75 Å². The van der Waals surface area contributed by atoms with E-state index in [0.29, 0.717) is 28.1 Å². The number of anilines is 1. The lowest BCUT2D eigenvalue weighted by atomic mass is 9.99. The Morgan fingerprint density at radius 1 is 1.06 bits per heavy atom. The Bertz CT molecular complexity index is 1310. The van der Waals surface area contributed by atoms with Crippen LogP contribution in [0.3, 0.4) is 0 Å². The molecule has 1 atom stereocenters. The van der Waals surface area contributed by atoms with Crippen LogP contribution in [-0.2, 0) is 11.2 Å². The molecule has 1 N–H and O–H groups in total. The maximum Gasteiger partial charge on any atom is 0.431 e. The van der Waals surface area contributed by atoms with Crippen molar-refractivity contribution in [2.24, 2.45) is 5.10 Å². The van der Waals surface area contributed by atoms with Crippen LogP contribution in [0.2, 0.25) is 0 Å². The second kappa shape index (κ2) is 9.96. The lowest BCUT2D eigenvalue weighted by molar-refractivity contribution is -0.137. The zero-order valence-corrected chi connectivity index (χ0v) is 19.0. The molecule has 0 spiro atoms. The highest BCUT2D eigenvalue weighted by Gasteiger charge is 2.43. The van der Waals surface area contributed by atoms with Crippen molar-refractivity contribution in [1.29, 1.82) is 0 Å². The van der Waals surface area contributed by atoms with Crippen LogP contribution in [0, 0.1) is 11.6 Å². The Kier molecular flexibility index (Phi) is 6.96. The van der Waals surface area contributed by atoms with E-state index in [-0.39, 0.29) is 12.0 Å². The van der Waals surface area contributed by atoms with Crippen LogP contribution in [-0.4, -0.2) is 36.1 Å². The number of carboxylic acid groups (broad SMARTS) is 1. The Morgan fingerprint density at radius 2 is 1.78 bits per heavy atom. The summed E-state index contributed by atoms with van der Waals surface area (Å²) in [6, 6.07) is 13.9. The van der Waals surface area contributed by atoms with E-state index in [1.807, 2.05) is 0 Å². The molecule has 0 bridgehead atoms. The summed E-state index contributed by atoms with van der Waals surface area (Å²) in [5.74, 6) is -1.85. The van der Waals surface area contributed by atoms with Crippen LogP contribution in [0.4, 0.5) is 27.6 Å². The molecule has 0 saturated carbocycles. The molecule has 1 heterocycles. The maximum absolute atomic E-state index is 14.8. The van der Waals surface area contributed by atoms with E-state index >= 15 is 0 Å². The number of alkyl halides is 3. The third-order valence-corrected chi connectivity index (χ3v) is 5.87. The minimum absolute atomic E-state index is 0.183. The molecular formula is C26H21F5N2O3. The SMILES string of the molecule is COc1ccc(F)c(-c2ccc(Cc3ccc(N4N=C(C(F)(F)F)CC4CC(=O)O)cc3)c(F)c2)c1. The number of carboxylic acids is 1. The first-order valence-corrected chi connectivity index (χ1v) is 10.9. The Labute approximate surface area is 203 Å². The fourth-order valence-corrected chi connectivity index (χ4v) is 4.06. The molecule has 188 valence electrons. The summed E-state index contributed by atoms with van der Waals surface area (Å²) in [6.07, 6.45) is -5.50. The largest absolute Gasteiger partial charge is 0.497 e. The smallest absolute Gasteiger partial charge is 0.431 e. The molecule has 4 rings (SSSR count). The molecule has 1 aliphatic rings. The molecule has 3 aromatic rings. The van der Waals surface area contributed by atoms with Crippen LogP contribution in [0.5, 0.6) is 5.75 Å². The zero-order valence-electron chi connectivity index (χ0n) is 19.0. The summed E-state index contributed by atoms with van der Waals surface area (Å²) < 4.78 is 73.6. The quantitative estimate of drug-likeness (QED) is 0.389. The van der Waals surface area contributed by atoms with E-state index in [9.17, 15) is 26.7 Å². The molecule has 1 aliphatic heterocycles. The molecule has 0 saturated heterocycles. The van der Waals surface area contributed by atoms with E-state index in [4.69, 9.17) is 9.84 Å². The number of ether oxygens (including phenoxy) is 1. The number of hydrogen-bond acceptors (Lipinski definition) is 4. The van der Waals surface area contributed by atoms with Crippen molar-refractivity contribution in [3.05, 3.63) is 83.4 Å². The number of halogens is 5. The number of carbonyl (C=O) groups is 1. The predicted octanol–water partition coefficient (Wildman–Crippen LogP) is 6.20. The second-order valence-electron chi connectivity index (χ2n) is 8.34. The molecule has 5 nitrogen and oxygen atoms in total. The fourth-order valence-electron chi connectivity index (χ4n) is 4.06. The van der Waals surface area contributed by atoms with Gasteiger partial charge in [-0.15, -0.1) is 0 Å². The highest BCUT2D eigenvalue weighted by molar-refractivity contribution is 5.94. The number of methoxy groups -OCH3 is 1. The summed E-state index contributed by atoms with van der Waals surface area (Å²) in [7, 11) is 1.45. The van der Waals surface area contributed by atoms with Crippen molar-refractivity contribution in [3.8, 4) is 16.9 Å². The molecule has 3 aromatic carbocycles. The van der Waals surface area contributed by atoms with Crippen LogP contribution in [0.15, 0.2) is 65.8 Å². The number of hydrogen-bond donors (Lipinski definition) is 1. The Balaban J connectivity index is 1.53. The van der Waals surface area contributed by atoms with Crippen molar-refractivity contribution < 1.29 is 36.6 Å². The molecule has 0 amide bonds. The van der Waals surface area contributed by atoms with Gasteiger partial charge in [0.15, 0.2) is 0 Å². The molecule has 0 radical (unpaired) electrons. The van der Waals surface area contributed by atoms with E-state index in [1.165, 1.54) is 43.5 Å². The summed E-state index contributed by atoms with van der Waals surface area (Å²) in [5, 5.41) is 13.8. The summed E-state index contributed by atoms with van der Waals surface area (Å²) in [4.78, 5) is 11.1. The van der Waals surface area contributed by atoms with Gasteiger partial charge in [-0.25, -0.2) is 8.78 Å². The summed E-state index contributed by atoms with van der Waals surface area (Å²) in [5.41, 5.74) is 0.828. The average Bonchev–Trinajstić information content (AvgIpc) is 3.25. The molecule has 1 unspecified atom stereocenters. The maximum atomic E-state index is 14.8. The minimum Gasteiger partial charge on any atom is -0.497 e. The Hall–Kier alpha value is -3.95. The third kappa shape index (κ3) is 5.48. The van der Waals surface area contributed by atoms with E-state index in [2.05, 4.69) is 5.10 Å². The Morgan fingerprint density at radius 3 is 2.39 bits per heavy atom. The minimum atomic E-state index is -4.65. The topological polar surface area (TPSA) is 62.1 Å². The number of rotatable bonds is 7. The number of aliphatic carboxylic acids is 1. The van der Waals surface area contributed by atoms with Crippen molar-refractivity contribution in [1.82, 2.24) is 0 Å². The van der Waals surface area contributed by atoms with Gasteiger partial charge in [-0.05, 0) is 53.1 Å². The highest BCUT2D eigenvalue weighted by atomic mass is 19.4. The van der Waals surface area contributed by atoms with Gasteiger partial charge < -0.3 is 9.84 Å². The molecule has 0 aromatic heterocycles. The van der Waals surface area contributed by atoms with E-state index in [1.54, 1.807) is 24.3 Å². The number of nitrogens with zero attached hydrogens (tertiary/aromatic N) is 2. The lowest BCUT2D eigenvalue weighted by Crippen LogP contribution is -2.29. The fraction of sp³-hybridized carbons (Fsp3) is 0.231. The first-order valence-electron chi connectivity index (χ1n) is 10.9. The molecular weight excluding hydrogens is 483 g/mol. The van der Waals surface area contributed by atoms with Crippen LogP contribution in [0.1, 0.15) is 24.0 Å². The van der Waals surface area contributed by atoms with E-state index < -0.39 is 48.4 Å². The van der Waals surface area contributed by atoms with Gasteiger partial charge in [0.2, 0.25) is 0 Å². The average molecular weight is 504 g/mol. The van der Waals surface area contributed by atoms with Gasteiger partial charge in [0.25, 0.3) is 0 Å². The highest BCUT2D eigenvalue weighted by Crippen LogP contribution is 2.33. The zero-order chi connectivity index (χ0) is 26.0. The van der Waals surface area contributed by atoms with Gasteiger partial charge in [0, 0.05) is 18.4 Å². The van der Waals surface area contributed by atoms with Crippen molar-refractivity contribution in [2.75, 3.05) is 12.1 Å². The van der Waals surface area contributed by atoms with Gasteiger partial charge in [-0.2, -0.15) is 18.3 Å². The number of benzene rings is 3.